The van der Waals surface area contributed by atoms with Gasteiger partial charge in [0.1, 0.15) is 5.56 Å². The van der Waals surface area contributed by atoms with Crippen LogP contribution in [0.2, 0.25) is 0 Å². The van der Waals surface area contributed by atoms with E-state index in [-0.39, 0.29) is 17.2 Å². The second-order valence-corrected chi connectivity index (χ2v) is 5.47. The summed E-state index contributed by atoms with van der Waals surface area (Å²) in [6.07, 6.45) is 0. The maximum atomic E-state index is 12.4. The number of carbonyl (C=O) groups excluding carboxylic acids is 1. The van der Waals surface area contributed by atoms with Crippen LogP contribution in [0, 0.1) is 10.1 Å². The maximum Gasteiger partial charge on any atom is 0.282 e. The smallest absolute Gasteiger partial charge is 0.282 e. The number of nitrogen functional groups attached to an aromatic ring is 1. The average Bonchev–Trinajstić information content (AvgIpc) is 2.95. The van der Waals surface area contributed by atoms with Crippen molar-refractivity contribution in [3.63, 3.8) is 0 Å². The van der Waals surface area contributed by atoms with Gasteiger partial charge in [-0.2, -0.15) is 0 Å². The minimum absolute atomic E-state index is 0.0978. The van der Waals surface area contributed by atoms with Gasteiger partial charge in [0.25, 0.3) is 11.6 Å². The lowest BCUT2D eigenvalue weighted by atomic mass is 10.1. The van der Waals surface area contributed by atoms with Crippen LogP contribution in [-0.2, 0) is 13.1 Å². The predicted octanol–water partition coefficient (Wildman–Crippen LogP) is 1.79. The third-order valence-corrected chi connectivity index (χ3v) is 4.00. The summed E-state index contributed by atoms with van der Waals surface area (Å²) in [5, 5.41) is 11.4. The largest absolute Gasteiger partial charge is 0.375 e. The number of nitro benzene ring substituents is 1. The molecule has 0 aliphatic carbocycles. The average molecular weight is 290 g/mol. The van der Waals surface area contributed by atoms with Gasteiger partial charge in [-0.05, 0) is 6.07 Å². The number of nitrogens with two attached hydrogens (primary N) is 1. The summed E-state index contributed by atoms with van der Waals surface area (Å²) in [4.78, 5) is 29.4. The number of fused-ring (bicyclic) bond motifs is 1. The van der Waals surface area contributed by atoms with Crippen LogP contribution in [-0.4, -0.2) is 20.7 Å². The Morgan fingerprint density at radius 1 is 1.40 bits per heavy atom. The topological polar surface area (TPSA) is 102 Å². The summed E-state index contributed by atoms with van der Waals surface area (Å²) in [6, 6.07) is 5.95. The molecule has 7 nitrogen and oxygen atoms in total. The number of thiazole rings is 1. The highest BCUT2D eigenvalue weighted by Crippen LogP contribution is 2.31. The van der Waals surface area contributed by atoms with Gasteiger partial charge in [-0.25, -0.2) is 4.98 Å². The lowest BCUT2D eigenvalue weighted by molar-refractivity contribution is -0.385. The van der Waals surface area contributed by atoms with Crippen LogP contribution in [0.3, 0.4) is 0 Å². The molecule has 0 atom stereocenters. The van der Waals surface area contributed by atoms with E-state index in [0.717, 1.165) is 10.6 Å². The zero-order chi connectivity index (χ0) is 14.3. The number of para-hydroxylation sites is 1. The van der Waals surface area contributed by atoms with Crippen LogP contribution in [0.4, 0.5) is 10.8 Å². The first-order valence-electron chi connectivity index (χ1n) is 5.83. The van der Waals surface area contributed by atoms with Crippen molar-refractivity contribution in [1.29, 1.82) is 0 Å². The maximum absolute atomic E-state index is 12.4. The van der Waals surface area contributed by atoms with Crippen molar-refractivity contribution in [2.45, 2.75) is 13.1 Å². The molecule has 0 spiro atoms. The highest BCUT2D eigenvalue weighted by Gasteiger charge is 2.30. The van der Waals surface area contributed by atoms with Crippen LogP contribution in [0.1, 0.15) is 20.9 Å². The Morgan fingerprint density at radius 3 is 2.85 bits per heavy atom. The van der Waals surface area contributed by atoms with E-state index in [0.29, 0.717) is 18.2 Å². The summed E-state index contributed by atoms with van der Waals surface area (Å²) in [5.74, 6) is -0.360. The normalized spacial score (nSPS) is 13.3. The molecular formula is C12H10N4O3S. The Morgan fingerprint density at radius 2 is 2.15 bits per heavy atom. The van der Waals surface area contributed by atoms with E-state index < -0.39 is 4.92 Å². The highest BCUT2D eigenvalue weighted by atomic mass is 32.1. The number of nitrogens with zero attached hydrogens (tertiary/aromatic N) is 3. The standard InChI is InChI=1S/C12H10N4O3S/c13-12-14-8-5-15(6-10(8)20-12)11(17)7-3-1-2-4-9(7)16(18)19/h1-4H,5-6H2,(H2,13,14). The van der Waals surface area contributed by atoms with Crippen molar-refractivity contribution in [3.05, 3.63) is 50.5 Å². The van der Waals surface area contributed by atoms with Gasteiger partial charge in [0.15, 0.2) is 5.13 Å². The third-order valence-electron chi connectivity index (χ3n) is 3.09. The summed E-state index contributed by atoms with van der Waals surface area (Å²) in [7, 11) is 0. The molecule has 1 aliphatic rings. The Bertz CT molecular complexity index is 689. The minimum atomic E-state index is -0.546. The lowest BCUT2D eigenvalue weighted by Gasteiger charge is -2.15. The van der Waals surface area contributed by atoms with Crippen molar-refractivity contribution in [2.24, 2.45) is 0 Å². The molecule has 0 radical (unpaired) electrons. The van der Waals surface area contributed by atoms with E-state index in [1.807, 2.05) is 0 Å². The molecule has 102 valence electrons. The molecule has 2 heterocycles. The fraction of sp³-hybridized carbons (Fsp3) is 0.167. The molecule has 2 aromatic rings. The van der Waals surface area contributed by atoms with Crippen molar-refractivity contribution in [2.75, 3.05) is 5.73 Å². The van der Waals surface area contributed by atoms with Gasteiger partial charge < -0.3 is 10.6 Å². The fourth-order valence-corrected chi connectivity index (χ4v) is 3.04. The number of aromatic nitrogens is 1. The molecule has 3 rings (SSSR count). The Balaban J connectivity index is 1.88. The molecule has 1 aromatic heterocycles. The third kappa shape index (κ3) is 1.99. The molecule has 0 bridgehead atoms. The number of hydrogen-bond donors (Lipinski definition) is 1. The lowest BCUT2D eigenvalue weighted by Crippen LogP contribution is -2.26. The first-order chi connectivity index (χ1) is 9.56. The van der Waals surface area contributed by atoms with E-state index in [2.05, 4.69) is 4.98 Å². The Hall–Kier alpha value is -2.48. The number of nitro groups is 1. The van der Waals surface area contributed by atoms with Crippen molar-refractivity contribution in [1.82, 2.24) is 9.88 Å². The molecule has 0 unspecified atom stereocenters. The number of hydrogen-bond acceptors (Lipinski definition) is 6. The number of benzene rings is 1. The summed E-state index contributed by atoms with van der Waals surface area (Å²) in [6.45, 7) is 0.739. The number of rotatable bonds is 2. The van der Waals surface area contributed by atoms with E-state index in [9.17, 15) is 14.9 Å². The Kier molecular flexibility index (Phi) is 2.87. The molecule has 8 heteroatoms. The van der Waals surface area contributed by atoms with Gasteiger partial charge in [0.05, 0.1) is 28.6 Å². The van der Waals surface area contributed by atoms with Crippen LogP contribution in [0.25, 0.3) is 0 Å². The molecule has 0 fully saturated rings. The molecule has 20 heavy (non-hydrogen) atoms. The molecular weight excluding hydrogens is 280 g/mol. The second kappa shape index (κ2) is 4.57. The summed E-state index contributed by atoms with van der Waals surface area (Å²) < 4.78 is 0. The zero-order valence-electron chi connectivity index (χ0n) is 10.3. The van der Waals surface area contributed by atoms with Crippen LogP contribution in [0.15, 0.2) is 24.3 Å². The van der Waals surface area contributed by atoms with Gasteiger partial charge in [-0.3, -0.25) is 14.9 Å². The molecule has 2 N–H and O–H groups in total. The van der Waals surface area contributed by atoms with Gasteiger partial charge in [-0.1, -0.05) is 12.1 Å². The van der Waals surface area contributed by atoms with Crippen LogP contribution < -0.4 is 5.73 Å². The van der Waals surface area contributed by atoms with E-state index in [1.54, 1.807) is 6.07 Å². The highest BCUT2D eigenvalue weighted by molar-refractivity contribution is 7.15. The van der Waals surface area contributed by atoms with Crippen molar-refractivity contribution >= 4 is 28.1 Å². The van der Waals surface area contributed by atoms with Gasteiger partial charge >= 0.3 is 0 Å². The van der Waals surface area contributed by atoms with E-state index in [4.69, 9.17) is 5.73 Å². The number of amides is 1. The monoisotopic (exact) mass is 290 g/mol. The quantitative estimate of drug-likeness (QED) is 0.671. The van der Waals surface area contributed by atoms with Gasteiger partial charge in [0, 0.05) is 6.07 Å². The second-order valence-electron chi connectivity index (χ2n) is 4.36. The number of carbonyl (C=O) groups is 1. The summed E-state index contributed by atoms with van der Waals surface area (Å²) >= 11 is 1.34. The van der Waals surface area contributed by atoms with E-state index in [1.165, 1.54) is 34.4 Å². The first-order valence-corrected chi connectivity index (χ1v) is 6.64. The first kappa shape index (κ1) is 12.5. The van der Waals surface area contributed by atoms with Crippen LogP contribution >= 0.6 is 11.3 Å². The summed E-state index contributed by atoms with van der Waals surface area (Å²) in [5.41, 5.74) is 6.29. The van der Waals surface area contributed by atoms with Crippen LogP contribution in [0.5, 0.6) is 0 Å². The molecule has 1 amide bonds. The minimum Gasteiger partial charge on any atom is -0.375 e. The van der Waals surface area contributed by atoms with Gasteiger partial charge in [0.2, 0.25) is 0 Å². The number of anilines is 1. The zero-order valence-corrected chi connectivity index (χ0v) is 11.1. The van der Waals surface area contributed by atoms with Crippen molar-refractivity contribution < 1.29 is 9.72 Å². The molecule has 0 saturated carbocycles. The SMILES string of the molecule is Nc1nc2c(s1)CN(C(=O)c1ccccc1[N+](=O)[O-])C2. The predicted molar refractivity (Wildman–Crippen MR) is 73.2 cm³/mol. The van der Waals surface area contributed by atoms with Crippen molar-refractivity contribution in [3.8, 4) is 0 Å². The molecule has 0 saturated heterocycles. The Labute approximate surface area is 117 Å². The van der Waals surface area contributed by atoms with E-state index >= 15 is 0 Å². The fourth-order valence-electron chi connectivity index (χ4n) is 2.19. The molecule has 1 aromatic carbocycles. The molecule has 1 aliphatic heterocycles. The van der Waals surface area contributed by atoms with Gasteiger partial charge in [-0.15, -0.1) is 11.3 Å².